The lowest BCUT2D eigenvalue weighted by atomic mass is 9.97. The second-order valence-electron chi connectivity index (χ2n) is 5.42. The summed E-state index contributed by atoms with van der Waals surface area (Å²) in [4.78, 5) is 0. The van der Waals surface area contributed by atoms with Crippen LogP contribution in [0.3, 0.4) is 0 Å². The quantitative estimate of drug-likeness (QED) is 0.855. The van der Waals surface area contributed by atoms with Crippen molar-refractivity contribution in [1.29, 1.82) is 0 Å². The first-order valence-corrected chi connectivity index (χ1v) is 8.35. The van der Waals surface area contributed by atoms with Gasteiger partial charge in [0.1, 0.15) is 5.82 Å². The standard InChI is InChI=1S/C14H18FNO2S/c15-12-6-4-11(5-7-12)14-3-1-2-10-16(14)19(17,18)13-8-9-13/h4-7,13-14H,1-3,8-10H2/t14-/m1/s1. The summed E-state index contributed by atoms with van der Waals surface area (Å²) in [5, 5.41) is -0.173. The molecule has 3 nitrogen and oxygen atoms in total. The zero-order chi connectivity index (χ0) is 13.5. The monoisotopic (exact) mass is 283 g/mol. The van der Waals surface area contributed by atoms with E-state index in [2.05, 4.69) is 0 Å². The predicted octanol–water partition coefficient (Wildman–Crippen LogP) is 2.84. The van der Waals surface area contributed by atoms with Gasteiger partial charge < -0.3 is 0 Å². The zero-order valence-electron chi connectivity index (χ0n) is 10.8. The van der Waals surface area contributed by atoms with E-state index in [1.165, 1.54) is 12.1 Å². The van der Waals surface area contributed by atoms with E-state index in [0.29, 0.717) is 6.54 Å². The molecule has 3 rings (SSSR count). The van der Waals surface area contributed by atoms with Gasteiger partial charge in [-0.2, -0.15) is 4.31 Å². The second-order valence-corrected chi connectivity index (χ2v) is 7.58. The van der Waals surface area contributed by atoms with E-state index in [1.54, 1.807) is 16.4 Å². The summed E-state index contributed by atoms with van der Waals surface area (Å²) in [5.41, 5.74) is 0.908. The Bertz CT molecular complexity index is 551. The Labute approximate surface area is 113 Å². The molecular weight excluding hydrogens is 265 g/mol. The zero-order valence-corrected chi connectivity index (χ0v) is 11.6. The van der Waals surface area contributed by atoms with Crippen LogP contribution in [0, 0.1) is 5.82 Å². The van der Waals surface area contributed by atoms with E-state index in [4.69, 9.17) is 0 Å². The van der Waals surface area contributed by atoms with Crippen LogP contribution in [0.2, 0.25) is 0 Å². The molecule has 0 N–H and O–H groups in total. The van der Waals surface area contributed by atoms with Crippen LogP contribution < -0.4 is 0 Å². The van der Waals surface area contributed by atoms with Crippen LogP contribution >= 0.6 is 0 Å². The number of benzene rings is 1. The van der Waals surface area contributed by atoms with Crippen molar-refractivity contribution in [3.63, 3.8) is 0 Å². The van der Waals surface area contributed by atoms with Crippen LogP contribution in [0.4, 0.5) is 4.39 Å². The molecule has 104 valence electrons. The van der Waals surface area contributed by atoms with Gasteiger partial charge in [0, 0.05) is 12.6 Å². The molecule has 5 heteroatoms. The molecule has 1 aliphatic carbocycles. The van der Waals surface area contributed by atoms with Gasteiger partial charge in [-0.1, -0.05) is 18.6 Å². The molecule has 1 aliphatic heterocycles. The molecule has 1 saturated heterocycles. The minimum absolute atomic E-state index is 0.111. The molecule has 1 saturated carbocycles. The van der Waals surface area contributed by atoms with Crippen molar-refractivity contribution < 1.29 is 12.8 Å². The number of piperidine rings is 1. The first kappa shape index (κ1) is 13.1. The third kappa shape index (κ3) is 2.54. The summed E-state index contributed by atoms with van der Waals surface area (Å²) in [5.74, 6) is -0.281. The highest BCUT2D eigenvalue weighted by atomic mass is 32.2. The van der Waals surface area contributed by atoms with Crippen LogP contribution in [0.15, 0.2) is 24.3 Å². The van der Waals surface area contributed by atoms with Gasteiger partial charge in [-0.05, 0) is 43.4 Å². The SMILES string of the molecule is O=S(=O)(C1CC1)N1CCCC[C@@H]1c1ccc(F)cc1. The number of nitrogens with zero attached hydrogens (tertiary/aromatic N) is 1. The largest absolute Gasteiger partial charge is 0.217 e. The number of rotatable bonds is 3. The number of hydrogen-bond donors (Lipinski definition) is 0. The Morgan fingerprint density at radius 1 is 1.05 bits per heavy atom. The highest BCUT2D eigenvalue weighted by Crippen LogP contribution is 2.39. The number of sulfonamides is 1. The third-order valence-electron chi connectivity index (χ3n) is 3.98. The highest BCUT2D eigenvalue weighted by Gasteiger charge is 2.43. The van der Waals surface area contributed by atoms with Crippen molar-refractivity contribution >= 4 is 10.0 Å². The van der Waals surface area contributed by atoms with Gasteiger partial charge in [0.2, 0.25) is 10.0 Å². The molecule has 0 aromatic heterocycles. The molecule has 1 aromatic carbocycles. The van der Waals surface area contributed by atoms with Crippen LogP contribution in [0.1, 0.15) is 43.7 Å². The van der Waals surface area contributed by atoms with Gasteiger partial charge in [0.25, 0.3) is 0 Å². The minimum atomic E-state index is -3.16. The van der Waals surface area contributed by atoms with Crippen LogP contribution in [-0.4, -0.2) is 24.5 Å². The average molecular weight is 283 g/mol. The lowest BCUT2D eigenvalue weighted by Gasteiger charge is -2.35. The fraction of sp³-hybridized carbons (Fsp3) is 0.571. The maximum Gasteiger partial charge on any atom is 0.217 e. The molecule has 0 amide bonds. The molecular formula is C14H18FNO2S. The van der Waals surface area contributed by atoms with E-state index < -0.39 is 10.0 Å². The lowest BCUT2D eigenvalue weighted by Crippen LogP contribution is -2.40. The van der Waals surface area contributed by atoms with Crippen molar-refractivity contribution in [3.8, 4) is 0 Å². The summed E-state index contributed by atoms with van der Waals surface area (Å²) in [7, 11) is -3.16. The van der Waals surface area contributed by atoms with Gasteiger partial charge in [-0.3, -0.25) is 0 Å². The lowest BCUT2D eigenvalue weighted by molar-refractivity contribution is 0.255. The van der Waals surface area contributed by atoms with Crippen molar-refractivity contribution in [3.05, 3.63) is 35.6 Å². The molecule has 2 aliphatic rings. The Hall–Kier alpha value is -0.940. The molecule has 0 unspecified atom stereocenters. The fourth-order valence-electron chi connectivity index (χ4n) is 2.78. The molecule has 1 aromatic rings. The van der Waals surface area contributed by atoms with E-state index in [-0.39, 0.29) is 17.1 Å². The van der Waals surface area contributed by atoms with Crippen molar-refractivity contribution in [2.75, 3.05) is 6.54 Å². The van der Waals surface area contributed by atoms with Gasteiger partial charge in [0.05, 0.1) is 5.25 Å². The van der Waals surface area contributed by atoms with Gasteiger partial charge >= 0.3 is 0 Å². The van der Waals surface area contributed by atoms with Gasteiger partial charge in [0.15, 0.2) is 0 Å². The van der Waals surface area contributed by atoms with E-state index in [1.807, 2.05) is 0 Å². The van der Waals surface area contributed by atoms with Crippen molar-refractivity contribution in [2.45, 2.75) is 43.4 Å². The van der Waals surface area contributed by atoms with E-state index >= 15 is 0 Å². The maximum atomic E-state index is 13.0. The molecule has 0 bridgehead atoms. The van der Waals surface area contributed by atoms with E-state index in [0.717, 1.165) is 37.7 Å². The van der Waals surface area contributed by atoms with Crippen molar-refractivity contribution in [1.82, 2.24) is 4.31 Å². The predicted molar refractivity (Wildman–Crippen MR) is 71.6 cm³/mol. The Balaban J connectivity index is 1.90. The van der Waals surface area contributed by atoms with Crippen LogP contribution in [0.5, 0.6) is 0 Å². The molecule has 1 atom stereocenters. The second kappa shape index (κ2) is 4.87. The Morgan fingerprint density at radius 2 is 1.74 bits per heavy atom. The molecule has 2 fully saturated rings. The molecule has 0 spiro atoms. The third-order valence-corrected chi connectivity index (χ3v) is 6.39. The minimum Gasteiger partial charge on any atom is -0.212 e. The summed E-state index contributed by atoms with van der Waals surface area (Å²) >= 11 is 0. The normalized spacial score (nSPS) is 25.4. The summed E-state index contributed by atoms with van der Waals surface area (Å²) < 4.78 is 39.5. The topological polar surface area (TPSA) is 37.4 Å². The average Bonchev–Trinajstić information content (AvgIpc) is 3.24. The summed E-state index contributed by atoms with van der Waals surface area (Å²) in [6.45, 7) is 0.598. The smallest absolute Gasteiger partial charge is 0.212 e. The number of hydrogen-bond acceptors (Lipinski definition) is 2. The summed E-state index contributed by atoms with van der Waals surface area (Å²) in [6, 6.07) is 6.12. The van der Waals surface area contributed by atoms with Gasteiger partial charge in [-0.15, -0.1) is 0 Å². The van der Waals surface area contributed by atoms with Gasteiger partial charge in [-0.25, -0.2) is 12.8 Å². The molecule has 1 heterocycles. The fourth-order valence-corrected chi connectivity index (χ4v) is 4.87. The van der Waals surface area contributed by atoms with Crippen molar-refractivity contribution in [2.24, 2.45) is 0 Å². The van der Waals surface area contributed by atoms with Crippen LogP contribution in [-0.2, 0) is 10.0 Å². The summed E-state index contributed by atoms with van der Waals surface area (Å²) in [6.07, 6.45) is 4.35. The highest BCUT2D eigenvalue weighted by molar-refractivity contribution is 7.90. The molecule has 19 heavy (non-hydrogen) atoms. The maximum absolute atomic E-state index is 13.0. The first-order valence-electron chi connectivity index (χ1n) is 6.85. The Kier molecular flexibility index (Phi) is 3.35. The molecule has 0 radical (unpaired) electrons. The van der Waals surface area contributed by atoms with Crippen LogP contribution in [0.25, 0.3) is 0 Å². The number of halogens is 1. The Morgan fingerprint density at radius 3 is 2.37 bits per heavy atom. The van der Waals surface area contributed by atoms with E-state index in [9.17, 15) is 12.8 Å². The first-order chi connectivity index (χ1) is 9.09.